The molecule has 0 aliphatic rings. The Balaban J connectivity index is 1.73. The third-order valence-electron chi connectivity index (χ3n) is 4.23. The molecule has 2 heterocycles. The van der Waals surface area contributed by atoms with E-state index in [0.717, 1.165) is 32.7 Å². The molecular weight excluding hydrogens is 354 g/mol. The number of hydrogen-bond acceptors (Lipinski definition) is 4. The van der Waals surface area contributed by atoms with Gasteiger partial charge in [-0.25, -0.2) is 10.4 Å². The maximum Gasteiger partial charge on any atom is 0.272 e. The number of carbonyl (C=O) groups excluding carboxylic acids is 1. The molecule has 0 aliphatic heterocycles. The fraction of sp³-hybridized carbons (Fsp3) is 0.0455. The lowest BCUT2D eigenvalue weighted by Crippen LogP contribution is -2.19. The van der Waals surface area contributed by atoms with Gasteiger partial charge in [-0.2, -0.15) is 5.10 Å². The molecule has 27 heavy (non-hydrogen) atoms. The van der Waals surface area contributed by atoms with Crippen LogP contribution in [0.25, 0.3) is 22.2 Å². The summed E-state index contributed by atoms with van der Waals surface area (Å²) in [6.45, 7) is 1.88. The van der Waals surface area contributed by atoms with Crippen molar-refractivity contribution in [2.45, 2.75) is 6.92 Å². The highest BCUT2D eigenvalue weighted by Gasteiger charge is 2.13. The van der Waals surface area contributed by atoms with Crippen LogP contribution < -0.4 is 5.43 Å². The molecule has 0 atom stereocenters. The molecule has 5 heteroatoms. The lowest BCUT2D eigenvalue weighted by atomic mass is 10.0. The maximum atomic E-state index is 12.9. The van der Waals surface area contributed by atoms with Gasteiger partial charge >= 0.3 is 0 Å². The van der Waals surface area contributed by atoms with Gasteiger partial charge in [-0.15, -0.1) is 11.3 Å². The number of hydrazone groups is 1. The molecule has 1 amide bonds. The minimum absolute atomic E-state index is 0.248. The molecule has 0 spiro atoms. The highest BCUT2D eigenvalue weighted by atomic mass is 32.1. The number of aromatic nitrogens is 1. The van der Waals surface area contributed by atoms with Gasteiger partial charge in [-0.05, 0) is 30.5 Å². The normalized spacial score (nSPS) is 11.5. The quantitative estimate of drug-likeness (QED) is 0.400. The molecule has 0 saturated carbocycles. The Morgan fingerprint density at radius 3 is 2.56 bits per heavy atom. The molecule has 0 radical (unpaired) electrons. The summed E-state index contributed by atoms with van der Waals surface area (Å²) >= 11 is 1.59. The van der Waals surface area contributed by atoms with Gasteiger partial charge in [0.05, 0.1) is 22.5 Å². The topological polar surface area (TPSA) is 54.4 Å². The van der Waals surface area contributed by atoms with Crippen molar-refractivity contribution in [2.24, 2.45) is 5.10 Å². The first-order valence-corrected chi connectivity index (χ1v) is 9.44. The summed E-state index contributed by atoms with van der Waals surface area (Å²) in [5.41, 5.74) is 6.53. The second-order valence-corrected chi connectivity index (χ2v) is 7.00. The number of rotatable bonds is 4. The van der Waals surface area contributed by atoms with Crippen LogP contribution in [0.1, 0.15) is 22.2 Å². The molecule has 132 valence electrons. The lowest BCUT2D eigenvalue weighted by Gasteiger charge is -2.09. The van der Waals surface area contributed by atoms with Crippen molar-refractivity contribution in [3.63, 3.8) is 0 Å². The minimum Gasteiger partial charge on any atom is -0.267 e. The maximum absolute atomic E-state index is 12.9. The monoisotopic (exact) mass is 371 g/mol. The molecule has 0 bridgehead atoms. The number of para-hydroxylation sites is 1. The predicted octanol–water partition coefficient (Wildman–Crippen LogP) is 5.12. The summed E-state index contributed by atoms with van der Waals surface area (Å²) < 4.78 is 0. The van der Waals surface area contributed by atoms with Crippen molar-refractivity contribution in [1.82, 2.24) is 10.4 Å². The summed E-state index contributed by atoms with van der Waals surface area (Å²) in [5, 5.41) is 7.05. The Hall–Kier alpha value is -3.31. The van der Waals surface area contributed by atoms with Crippen LogP contribution in [-0.2, 0) is 0 Å². The van der Waals surface area contributed by atoms with Gasteiger partial charge < -0.3 is 0 Å². The second kappa shape index (κ2) is 7.51. The van der Waals surface area contributed by atoms with Crippen molar-refractivity contribution >= 4 is 33.9 Å². The fourth-order valence-corrected chi connectivity index (χ4v) is 3.53. The van der Waals surface area contributed by atoms with Crippen LogP contribution in [-0.4, -0.2) is 16.6 Å². The molecule has 2 aromatic carbocycles. The summed E-state index contributed by atoms with van der Waals surface area (Å²) in [6, 6.07) is 23.3. The summed E-state index contributed by atoms with van der Waals surface area (Å²) in [4.78, 5) is 18.6. The Morgan fingerprint density at radius 2 is 1.78 bits per heavy atom. The first-order valence-electron chi connectivity index (χ1n) is 8.56. The first-order chi connectivity index (χ1) is 13.2. The van der Waals surface area contributed by atoms with Gasteiger partial charge in [0.1, 0.15) is 0 Å². The van der Waals surface area contributed by atoms with E-state index in [2.05, 4.69) is 10.5 Å². The number of carbonyl (C=O) groups is 1. The lowest BCUT2D eigenvalue weighted by molar-refractivity contribution is 0.0956. The Morgan fingerprint density at radius 1 is 1.00 bits per heavy atom. The van der Waals surface area contributed by atoms with E-state index in [9.17, 15) is 4.79 Å². The number of pyridine rings is 1. The average Bonchev–Trinajstić information content (AvgIpc) is 3.26. The van der Waals surface area contributed by atoms with Crippen LogP contribution in [0.2, 0.25) is 0 Å². The van der Waals surface area contributed by atoms with E-state index in [-0.39, 0.29) is 5.91 Å². The number of thiophene rings is 1. The number of nitrogens with one attached hydrogen (secondary N) is 1. The van der Waals surface area contributed by atoms with E-state index in [1.165, 1.54) is 0 Å². The van der Waals surface area contributed by atoms with Crippen LogP contribution in [0.3, 0.4) is 0 Å². The molecule has 4 rings (SSSR count). The van der Waals surface area contributed by atoms with Gasteiger partial charge in [-0.3, -0.25) is 4.79 Å². The summed E-state index contributed by atoms with van der Waals surface area (Å²) in [7, 11) is 0. The molecule has 0 saturated heterocycles. The van der Waals surface area contributed by atoms with E-state index in [0.29, 0.717) is 5.56 Å². The van der Waals surface area contributed by atoms with E-state index in [4.69, 9.17) is 4.98 Å². The zero-order valence-electron chi connectivity index (χ0n) is 14.7. The molecule has 4 aromatic rings. The fourth-order valence-electron chi connectivity index (χ4n) is 2.85. The van der Waals surface area contributed by atoms with Gasteiger partial charge in [0, 0.05) is 15.8 Å². The van der Waals surface area contributed by atoms with Crippen LogP contribution in [0.5, 0.6) is 0 Å². The Bertz CT molecular complexity index is 1120. The van der Waals surface area contributed by atoms with Gasteiger partial charge in [0.2, 0.25) is 0 Å². The molecule has 1 N–H and O–H groups in total. The SMILES string of the molecule is C/C(=N/NC(=O)c1cc(-c2ccccc2)nc2ccccc12)c1cccs1. The van der Waals surface area contributed by atoms with E-state index in [1.807, 2.05) is 85.1 Å². The third kappa shape index (κ3) is 3.64. The van der Waals surface area contributed by atoms with Gasteiger partial charge in [0.15, 0.2) is 0 Å². The Labute approximate surface area is 161 Å². The molecular formula is C22H17N3OS. The van der Waals surface area contributed by atoms with E-state index < -0.39 is 0 Å². The van der Waals surface area contributed by atoms with Crippen molar-refractivity contribution in [1.29, 1.82) is 0 Å². The highest BCUT2D eigenvalue weighted by Crippen LogP contribution is 2.24. The van der Waals surface area contributed by atoms with Crippen LogP contribution in [0, 0.1) is 0 Å². The molecule has 4 nitrogen and oxygen atoms in total. The number of amides is 1. The van der Waals surface area contributed by atoms with Crippen LogP contribution in [0.15, 0.2) is 83.3 Å². The standard InChI is InChI=1S/C22H17N3OS/c1-15(21-12-7-13-27-21)24-25-22(26)18-14-20(16-8-3-2-4-9-16)23-19-11-6-5-10-17(18)19/h2-14H,1H3,(H,25,26)/b24-15-. The number of fused-ring (bicyclic) bond motifs is 1. The number of benzene rings is 2. The van der Waals surface area contributed by atoms with Crippen molar-refractivity contribution < 1.29 is 4.79 Å². The van der Waals surface area contributed by atoms with E-state index >= 15 is 0 Å². The van der Waals surface area contributed by atoms with Crippen LogP contribution >= 0.6 is 11.3 Å². The molecule has 2 aromatic heterocycles. The zero-order valence-corrected chi connectivity index (χ0v) is 15.5. The van der Waals surface area contributed by atoms with Gasteiger partial charge in [0.25, 0.3) is 5.91 Å². The highest BCUT2D eigenvalue weighted by molar-refractivity contribution is 7.12. The minimum atomic E-state index is -0.248. The van der Waals surface area contributed by atoms with Crippen molar-refractivity contribution in [3.05, 3.63) is 88.6 Å². The largest absolute Gasteiger partial charge is 0.272 e. The van der Waals surface area contributed by atoms with Crippen molar-refractivity contribution in [2.75, 3.05) is 0 Å². The smallest absolute Gasteiger partial charge is 0.267 e. The number of nitrogens with zero attached hydrogens (tertiary/aromatic N) is 2. The number of hydrogen-bond donors (Lipinski definition) is 1. The predicted molar refractivity (Wildman–Crippen MR) is 111 cm³/mol. The second-order valence-electron chi connectivity index (χ2n) is 6.05. The Kier molecular flexibility index (Phi) is 4.77. The summed E-state index contributed by atoms with van der Waals surface area (Å²) in [6.07, 6.45) is 0. The van der Waals surface area contributed by atoms with Gasteiger partial charge in [-0.1, -0.05) is 54.6 Å². The molecule has 0 fully saturated rings. The van der Waals surface area contributed by atoms with Crippen LogP contribution in [0.4, 0.5) is 0 Å². The van der Waals surface area contributed by atoms with E-state index in [1.54, 1.807) is 11.3 Å². The molecule has 0 unspecified atom stereocenters. The zero-order chi connectivity index (χ0) is 18.6. The van der Waals surface area contributed by atoms with Crippen molar-refractivity contribution in [3.8, 4) is 11.3 Å². The average molecular weight is 371 g/mol. The first kappa shape index (κ1) is 17.1. The molecule has 0 aliphatic carbocycles. The third-order valence-corrected chi connectivity index (χ3v) is 5.21. The summed E-state index contributed by atoms with van der Waals surface area (Å²) in [5.74, 6) is -0.248.